The second kappa shape index (κ2) is 5.31. The summed E-state index contributed by atoms with van der Waals surface area (Å²) in [5, 5.41) is 3.51. The molecular formula is C13H28N2. The van der Waals surface area contributed by atoms with Gasteiger partial charge in [-0.25, -0.2) is 0 Å². The Hall–Kier alpha value is -0.0800. The van der Waals surface area contributed by atoms with E-state index in [0.717, 1.165) is 11.8 Å². The molecule has 2 heteroatoms. The fourth-order valence-corrected chi connectivity index (χ4v) is 3.16. The molecule has 1 rings (SSSR count). The van der Waals surface area contributed by atoms with E-state index in [1.807, 2.05) is 0 Å². The first-order chi connectivity index (χ1) is 6.97. The molecule has 1 fully saturated rings. The van der Waals surface area contributed by atoms with Crippen LogP contribution in [0.3, 0.4) is 0 Å². The summed E-state index contributed by atoms with van der Waals surface area (Å²) >= 11 is 0. The van der Waals surface area contributed by atoms with Gasteiger partial charge in [-0.15, -0.1) is 0 Å². The Morgan fingerprint density at radius 2 is 1.80 bits per heavy atom. The van der Waals surface area contributed by atoms with Crippen LogP contribution in [0.15, 0.2) is 0 Å². The average molecular weight is 212 g/mol. The van der Waals surface area contributed by atoms with Crippen LogP contribution < -0.4 is 5.32 Å². The minimum atomic E-state index is 0.640. The van der Waals surface area contributed by atoms with E-state index < -0.39 is 0 Å². The maximum Gasteiger partial charge on any atom is 0.0274 e. The minimum absolute atomic E-state index is 0.640. The molecule has 1 aliphatic carbocycles. The van der Waals surface area contributed by atoms with E-state index in [9.17, 15) is 0 Å². The normalized spacial score (nSPS) is 37.6. The molecule has 0 saturated heterocycles. The Balaban J connectivity index is 2.73. The van der Waals surface area contributed by atoms with Gasteiger partial charge in [0.25, 0.3) is 0 Å². The highest BCUT2D eigenvalue weighted by Crippen LogP contribution is 2.32. The summed E-state index contributed by atoms with van der Waals surface area (Å²) < 4.78 is 0. The van der Waals surface area contributed by atoms with Crippen molar-refractivity contribution in [2.75, 3.05) is 14.1 Å². The van der Waals surface area contributed by atoms with Crippen molar-refractivity contribution in [3.8, 4) is 0 Å². The Morgan fingerprint density at radius 3 is 2.27 bits per heavy atom. The molecule has 90 valence electrons. The van der Waals surface area contributed by atoms with Crippen molar-refractivity contribution < 1.29 is 0 Å². The van der Waals surface area contributed by atoms with Crippen LogP contribution in [0.25, 0.3) is 0 Å². The third kappa shape index (κ3) is 2.94. The van der Waals surface area contributed by atoms with E-state index in [-0.39, 0.29) is 0 Å². The fraction of sp³-hybridized carbons (Fsp3) is 1.00. The first-order valence-electron chi connectivity index (χ1n) is 6.36. The summed E-state index contributed by atoms with van der Waals surface area (Å²) in [5.41, 5.74) is 0. The highest BCUT2D eigenvalue weighted by atomic mass is 15.2. The number of nitrogens with zero attached hydrogens (tertiary/aromatic N) is 1. The van der Waals surface area contributed by atoms with E-state index in [1.165, 1.54) is 12.8 Å². The summed E-state index contributed by atoms with van der Waals surface area (Å²) in [5.74, 6) is 1.67. The van der Waals surface area contributed by atoms with Crippen LogP contribution in [0.2, 0.25) is 0 Å². The molecule has 0 spiro atoms. The van der Waals surface area contributed by atoms with Gasteiger partial charge >= 0.3 is 0 Å². The Morgan fingerprint density at radius 1 is 1.20 bits per heavy atom. The SMILES string of the molecule is CNC1CC(C)CC(C)C1N(C)C(C)C. The van der Waals surface area contributed by atoms with Gasteiger partial charge in [0.05, 0.1) is 0 Å². The minimum Gasteiger partial charge on any atom is -0.315 e. The van der Waals surface area contributed by atoms with E-state index in [1.54, 1.807) is 0 Å². The van der Waals surface area contributed by atoms with Gasteiger partial charge in [-0.3, -0.25) is 4.90 Å². The maximum absolute atomic E-state index is 3.51. The number of nitrogens with one attached hydrogen (secondary N) is 1. The van der Waals surface area contributed by atoms with E-state index in [0.29, 0.717) is 18.1 Å². The van der Waals surface area contributed by atoms with E-state index in [4.69, 9.17) is 0 Å². The van der Waals surface area contributed by atoms with Gasteiger partial charge in [-0.05, 0) is 52.6 Å². The molecular weight excluding hydrogens is 184 g/mol. The van der Waals surface area contributed by atoms with Gasteiger partial charge in [-0.1, -0.05) is 13.8 Å². The standard InChI is InChI=1S/C13H28N2/c1-9(2)15(6)13-11(4)7-10(3)8-12(13)14-5/h9-14H,7-8H2,1-6H3. The second-order valence-electron chi connectivity index (χ2n) is 5.70. The van der Waals surface area contributed by atoms with Gasteiger partial charge in [0.2, 0.25) is 0 Å². The molecule has 4 atom stereocenters. The molecule has 4 unspecified atom stereocenters. The van der Waals surface area contributed by atoms with Gasteiger partial charge < -0.3 is 5.32 Å². The van der Waals surface area contributed by atoms with Crippen molar-refractivity contribution in [1.29, 1.82) is 0 Å². The molecule has 0 amide bonds. The predicted molar refractivity (Wildman–Crippen MR) is 67.1 cm³/mol. The van der Waals surface area contributed by atoms with Crippen molar-refractivity contribution in [2.45, 2.75) is 58.7 Å². The lowest BCUT2D eigenvalue weighted by Crippen LogP contribution is -2.56. The number of hydrogen-bond acceptors (Lipinski definition) is 2. The summed E-state index contributed by atoms with van der Waals surface area (Å²) in [6, 6.07) is 2.00. The predicted octanol–water partition coefficient (Wildman–Crippen LogP) is 2.35. The zero-order valence-electron chi connectivity index (χ0n) is 11.2. The summed E-state index contributed by atoms with van der Waals surface area (Å²) in [7, 11) is 4.38. The summed E-state index contributed by atoms with van der Waals surface area (Å²) in [6.07, 6.45) is 2.70. The van der Waals surface area contributed by atoms with Crippen LogP contribution in [0, 0.1) is 11.8 Å². The maximum atomic E-state index is 3.51. The van der Waals surface area contributed by atoms with Gasteiger partial charge in [0.1, 0.15) is 0 Å². The number of likely N-dealkylation sites (N-methyl/N-ethyl adjacent to an activating group) is 2. The van der Waals surface area contributed by atoms with Gasteiger partial charge in [0, 0.05) is 18.1 Å². The molecule has 0 bridgehead atoms. The smallest absolute Gasteiger partial charge is 0.0274 e. The van der Waals surface area contributed by atoms with Crippen molar-refractivity contribution in [2.24, 2.45) is 11.8 Å². The Kier molecular flexibility index (Phi) is 4.60. The average Bonchev–Trinajstić information content (AvgIpc) is 2.15. The molecule has 15 heavy (non-hydrogen) atoms. The molecule has 0 heterocycles. The van der Waals surface area contributed by atoms with E-state index >= 15 is 0 Å². The molecule has 0 aromatic heterocycles. The highest BCUT2D eigenvalue weighted by Gasteiger charge is 2.36. The molecule has 1 saturated carbocycles. The fourth-order valence-electron chi connectivity index (χ4n) is 3.16. The molecule has 2 nitrogen and oxygen atoms in total. The van der Waals surface area contributed by atoms with Crippen molar-refractivity contribution in [3.63, 3.8) is 0 Å². The zero-order chi connectivity index (χ0) is 11.6. The quantitative estimate of drug-likeness (QED) is 0.772. The highest BCUT2D eigenvalue weighted by molar-refractivity contribution is 4.93. The molecule has 0 aromatic rings. The zero-order valence-corrected chi connectivity index (χ0v) is 11.2. The molecule has 0 radical (unpaired) electrons. The van der Waals surface area contributed by atoms with E-state index in [2.05, 4.69) is 52.0 Å². The largest absolute Gasteiger partial charge is 0.315 e. The molecule has 0 aromatic carbocycles. The van der Waals surface area contributed by atoms with Crippen LogP contribution >= 0.6 is 0 Å². The van der Waals surface area contributed by atoms with Crippen molar-refractivity contribution in [3.05, 3.63) is 0 Å². The first kappa shape index (κ1) is 13.0. The lowest BCUT2D eigenvalue weighted by Gasteiger charge is -2.46. The van der Waals surface area contributed by atoms with Crippen LogP contribution in [0.1, 0.15) is 40.5 Å². The molecule has 1 N–H and O–H groups in total. The third-order valence-electron chi connectivity index (χ3n) is 4.08. The Bertz CT molecular complexity index is 191. The topological polar surface area (TPSA) is 15.3 Å². The molecule has 1 aliphatic rings. The number of hydrogen-bond donors (Lipinski definition) is 1. The van der Waals surface area contributed by atoms with Crippen LogP contribution in [-0.4, -0.2) is 37.1 Å². The lowest BCUT2D eigenvalue weighted by molar-refractivity contribution is 0.0632. The summed E-state index contributed by atoms with van der Waals surface area (Å²) in [4.78, 5) is 2.54. The van der Waals surface area contributed by atoms with Crippen LogP contribution in [0.5, 0.6) is 0 Å². The van der Waals surface area contributed by atoms with Crippen molar-refractivity contribution in [1.82, 2.24) is 10.2 Å². The van der Waals surface area contributed by atoms with Crippen LogP contribution in [0.4, 0.5) is 0 Å². The summed E-state index contributed by atoms with van der Waals surface area (Å²) in [6.45, 7) is 9.37. The monoisotopic (exact) mass is 212 g/mol. The van der Waals surface area contributed by atoms with Gasteiger partial charge in [-0.2, -0.15) is 0 Å². The Labute approximate surface area is 95.4 Å². The van der Waals surface area contributed by atoms with Crippen molar-refractivity contribution >= 4 is 0 Å². The second-order valence-corrected chi connectivity index (χ2v) is 5.70. The first-order valence-corrected chi connectivity index (χ1v) is 6.36. The van der Waals surface area contributed by atoms with Crippen LogP contribution in [-0.2, 0) is 0 Å². The number of rotatable bonds is 3. The molecule has 0 aliphatic heterocycles. The lowest BCUT2D eigenvalue weighted by atomic mass is 9.75. The third-order valence-corrected chi connectivity index (χ3v) is 4.08. The van der Waals surface area contributed by atoms with Gasteiger partial charge in [0.15, 0.2) is 0 Å².